The van der Waals surface area contributed by atoms with Gasteiger partial charge in [0.2, 0.25) is 0 Å². The van der Waals surface area contributed by atoms with E-state index in [4.69, 9.17) is 14.2 Å². The monoisotopic (exact) mass is 373 g/mol. The van der Waals surface area contributed by atoms with Gasteiger partial charge in [0.25, 0.3) is 5.91 Å². The van der Waals surface area contributed by atoms with Gasteiger partial charge in [0, 0.05) is 38.4 Å². The van der Waals surface area contributed by atoms with Gasteiger partial charge in [0.05, 0.1) is 19.2 Å². The zero-order valence-corrected chi connectivity index (χ0v) is 16.3. The lowest BCUT2D eigenvalue weighted by molar-refractivity contribution is -0.188. The second-order valence-electron chi connectivity index (χ2n) is 8.25. The summed E-state index contributed by atoms with van der Waals surface area (Å²) in [4.78, 5) is 14.6. The summed E-state index contributed by atoms with van der Waals surface area (Å²) in [5.74, 6) is 0.736. The smallest absolute Gasteiger partial charge is 0.254 e. The molecule has 0 unspecified atom stereocenters. The van der Waals surface area contributed by atoms with Crippen molar-refractivity contribution in [2.24, 2.45) is 5.92 Å². The summed E-state index contributed by atoms with van der Waals surface area (Å²) in [5.41, 5.74) is 1.83. The van der Waals surface area contributed by atoms with Crippen LogP contribution in [0, 0.1) is 5.92 Å². The van der Waals surface area contributed by atoms with Crippen molar-refractivity contribution in [3.63, 3.8) is 0 Å². The number of hydrogen-bond donors (Lipinski definition) is 0. The van der Waals surface area contributed by atoms with Gasteiger partial charge in [-0.05, 0) is 49.3 Å². The van der Waals surface area contributed by atoms with E-state index in [1.165, 1.54) is 5.56 Å². The lowest BCUT2D eigenvalue weighted by Crippen LogP contribution is -2.67. The number of nitrogens with zero attached hydrogens (tertiary/aromatic N) is 1. The SMILES string of the molecule is CCc1ccc(C(=O)N2CC3(C[C@H](OCC4CCOCC4)CCO3)C2)cc1. The van der Waals surface area contributed by atoms with Crippen molar-refractivity contribution >= 4 is 5.91 Å². The van der Waals surface area contributed by atoms with Crippen LogP contribution >= 0.6 is 0 Å². The number of carbonyl (C=O) groups is 1. The molecule has 4 rings (SSSR count). The summed E-state index contributed by atoms with van der Waals surface area (Å²) in [6.07, 6.45) is 5.31. The van der Waals surface area contributed by atoms with E-state index in [1.54, 1.807) is 0 Å². The molecular weight excluding hydrogens is 342 g/mol. The maximum Gasteiger partial charge on any atom is 0.254 e. The van der Waals surface area contributed by atoms with Gasteiger partial charge >= 0.3 is 0 Å². The zero-order chi connectivity index (χ0) is 18.7. The Morgan fingerprint density at radius 2 is 1.89 bits per heavy atom. The highest BCUT2D eigenvalue weighted by molar-refractivity contribution is 5.95. The number of amides is 1. The zero-order valence-electron chi connectivity index (χ0n) is 16.3. The van der Waals surface area contributed by atoms with Crippen molar-refractivity contribution in [3.05, 3.63) is 35.4 Å². The van der Waals surface area contributed by atoms with E-state index in [2.05, 4.69) is 6.92 Å². The Balaban J connectivity index is 1.26. The number of ether oxygens (including phenoxy) is 3. The predicted molar refractivity (Wildman–Crippen MR) is 103 cm³/mol. The van der Waals surface area contributed by atoms with Gasteiger partial charge in [-0.25, -0.2) is 0 Å². The number of rotatable bonds is 5. The van der Waals surface area contributed by atoms with Crippen molar-refractivity contribution in [2.75, 3.05) is 39.5 Å². The highest BCUT2D eigenvalue weighted by atomic mass is 16.5. The molecule has 3 saturated heterocycles. The Hall–Kier alpha value is -1.43. The van der Waals surface area contributed by atoms with E-state index in [0.29, 0.717) is 19.0 Å². The van der Waals surface area contributed by atoms with Gasteiger partial charge in [-0.3, -0.25) is 4.79 Å². The van der Waals surface area contributed by atoms with Crippen LogP contribution < -0.4 is 0 Å². The van der Waals surface area contributed by atoms with Gasteiger partial charge in [0.15, 0.2) is 0 Å². The molecule has 3 aliphatic heterocycles. The highest BCUT2D eigenvalue weighted by Gasteiger charge is 2.49. The fourth-order valence-corrected chi connectivity index (χ4v) is 4.39. The van der Waals surface area contributed by atoms with Crippen LogP contribution in [0.1, 0.15) is 48.5 Å². The van der Waals surface area contributed by atoms with Gasteiger partial charge in [-0.2, -0.15) is 0 Å². The maximum absolute atomic E-state index is 12.7. The van der Waals surface area contributed by atoms with Crippen LogP contribution in [0.15, 0.2) is 24.3 Å². The first-order chi connectivity index (χ1) is 13.2. The molecule has 5 nitrogen and oxygen atoms in total. The van der Waals surface area contributed by atoms with E-state index in [-0.39, 0.29) is 17.6 Å². The summed E-state index contributed by atoms with van der Waals surface area (Å²) in [6, 6.07) is 7.96. The normalized spacial score (nSPS) is 25.4. The molecule has 5 heteroatoms. The summed E-state index contributed by atoms with van der Waals surface area (Å²) < 4.78 is 17.7. The number of hydrogen-bond acceptors (Lipinski definition) is 4. The molecule has 3 aliphatic rings. The van der Waals surface area contributed by atoms with E-state index < -0.39 is 0 Å². The molecule has 148 valence electrons. The third kappa shape index (κ3) is 4.36. The molecule has 0 aromatic heterocycles. The van der Waals surface area contributed by atoms with Crippen molar-refractivity contribution in [1.29, 1.82) is 0 Å². The van der Waals surface area contributed by atoms with Gasteiger partial charge in [-0.15, -0.1) is 0 Å². The van der Waals surface area contributed by atoms with Crippen molar-refractivity contribution in [3.8, 4) is 0 Å². The van der Waals surface area contributed by atoms with Gasteiger partial charge in [0.1, 0.15) is 5.60 Å². The van der Waals surface area contributed by atoms with Crippen LogP contribution in [-0.2, 0) is 20.6 Å². The fraction of sp³-hybridized carbons (Fsp3) is 0.682. The third-order valence-corrected chi connectivity index (χ3v) is 6.21. The first kappa shape index (κ1) is 18.9. The number of aryl methyl sites for hydroxylation is 1. The molecule has 0 N–H and O–H groups in total. The summed E-state index contributed by atoms with van der Waals surface area (Å²) >= 11 is 0. The Morgan fingerprint density at radius 3 is 2.59 bits per heavy atom. The fourth-order valence-electron chi connectivity index (χ4n) is 4.39. The largest absolute Gasteiger partial charge is 0.381 e. The Kier molecular flexibility index (Phi) is 5.81. The van der Waals surface area contributed by atoms with Crippen molar-refractivity contribution in [2.45, 2.75) is 50.7 Å². The quantitative estimate of drug-likeness (QED) is 0.796. The van der Waals surface area contributed by atoms with Gasteiger partial charge in [-0.1, -0.05) is 19.1 Å². The lowest BCUT2D eigenvalue weighted by atomic mass is 9.84. The minimum Gasteiger partial charge on any atom is -0.381 e. The summed E-state index contributed by atoms with van der Waals surface area (Å²) in [5, 5.41) is 0. The lowest BCUT2D eigenvalue weighted by Gasteiger charge is -2.53. The van der Waals surface area contributed by atoms with E-state index in [9.17, 15) is 4.79 Å². The summed E-state index contributed by atoms with van der Waals surface area (Å²) in [7, 11) is 0. The average Bonchev–Trinajstić information content (AvgIpc) is 2.71. The molecule has 1 spiro atoms. The second kappa shape index (κ2) is 8.29. The van der Waals surface area contributed by atoms with Crippen LogP contribution in [0.2, 0.25) is 0 Å². The Bertz CT molecular complexity index is 632. The molecule has 1 aromatic carbocycles. The minimum absolute atomic E-state index is 0.108. The molecule has 3 heterocycles. The van der Waals surface area contributed by atoms with E-state index >= 15 is 0 Å². The van der Waals surface area contributed by atoms with Crippen LogP contribution in [0.3, 0.4) is 0 Å². The standard InChI is InChI=1S/C22H31NO4/c1-2-17-3-5-19(6-4-17)21(24)23-15-22(16-23)13-20(9-12-27-22)26-14-18-7-10-25-11-8-18/h3-6,18,20H,2,7-16H2,1H3/t20-/m1/s1. The molecule has 27 heavy (non-hydrogen) atoms. The third-order valence-electron chi connectivity index (χ3n) is 6.21. The van der Waals surface area contributed by atoms with Crippen LogP contribution in [0.25, 0.3) is 0 Å². The van der Waals surface area contributed by atoms with E-state index in [0.717, 1.165) is 64.1 Å². The van der Waals surface area contributed by atoms with Crippen LogP contribution in [0.5, 0.6) is 0 Å². The van der Waals surface area contributed by atoms with Crippen molar-refractivity contribution in [1.82, 2.24) is 4.90 Å². The minimum atomic E-state index is -0.197. The Labute approximate surface area is 162 Å². The highest BCUT2D eigenvalue weighted by Crippen LogP contribution is 2.36. The number of carbonyl (C=O) groups excluding carboxylic acids is 1. The molecule has 0 radical (unpaired) electrons. The number of likely N-dealkylation sites (tertiary alicyclic amines) is 1. The molecule has 1 aromatic rings. The second-order valence-corrected chi connectivity index (χ2v) is 8.25. The van der Waals surface area contributed by atoms with E-state index in [1.807, 2.05) is 29.2 Å². The molecule has 0 bridgehead atoms. The molecule has 1 amide bonds. The average molecular weight is 373 g/mol. The topological polar surface area (TPSA) is 48.0 Å². The van der Waals surface area contributed by atoms with Crippen LogP contribution in [-0.4, -0.2) is 62.0 Å². The molecular formula is C22H31NO4. The molecule has 3 fully saturated rings. The Morgan fingerprint density at radius 1 is 1.15 bits per heavy atom. The van der Waals surface area contributed by atoms with Crippen LogP contribution in [0.4, 0.5) is 0 Å². The number of benzene rings is 1. The molecule has 0 aliphatic carbocycles. The van der Waals surface area contributed by atoms with Gasteiger partial charge < -0.3 is 19.1 Å². The molecule has 1 atom stereocenters. The predicted octanol–water partition coefficient (Wildman–Crippen LogP) is 3.07. The van der Waals surface area contributed by atoms with Crippen molar-refractivity contribution < 1.29 is 19.0 Å². The molecule has 0 saturated carbocycles. The first-order valence-corrected chi connectivity index (χ1v) is 10.4. The maximum atomic E-state index is 12.7. The first-order valence-electron chi connectivity index (χ1n) is 10.4. The summed E-state index contributed by atoms with van der Waals surface area (Å²) in [6.45, 7) is 6.76.